The quantitative estimate of drug-likeness (QED) is 0.916. The fraction of sp³-hybridized carbons (Fsp3) is 0.188. The molecule has 0 heterocycles. The lowest BCUT2D eigenvalue weighted by Crippen LogP contribution is -2.02. The molecule has 0 aromatic heterocycles. The van der Waals surface area contributed by atoms with Crippen molar-refractivity contribution in [3.05, 3.63) is 58.9 Å². The van der Waals surface area contributed by atoms with Gasteiger partial charge >= 0.3 is 5.97 Å². The maximum atomic E-state index is 13.2. The van der Waals surface area contributed by atoms with Crippen LogP contribution in [0.1, 0.15) is 21.5 Å². The third kappa shape index (κ3) is 3.51. The van der Waals surface area contributed by atoms with Crippen LogP contribution < -0.4 is 9.47 Å². The molecule has 0 atom stereocenters. The molecule has 2 aromatic carbocycles. The summed E-state index contributed by atoms with van der Waals surface area (Å²) in [4.78, 5) is 11.0. The zero-order valence-electron chi connectivity index (χ0n) is 11.7. The second-order valence-corrected chi connectivity index (χ2v) is 4.53. The van der Waals surface area contributed by atoms with Crippen LogP contribution in [0.4, 0.5) is 4.39 Å². The first-order valence-electron chi connectivity index (χ1n) is 6.30. The number of carboxylic acid groups (broad SMARTS) is 1. The van der Waals surface area contributed by atoms with Gasteiger partial charge in [-0.25, -0.2) is 9.18 Å². The number of hydrogen-bond acceptors (Lipinski definition) is 3. The number of methoxy groups -OCH3 is 1. The summed E-state index contributed by atoms with van der Waals surface area (Å²) in [6.07, 6.45) is 0. The van der Waals surface area contributed by atoms with Crippen molar-refractivity contribution in [2.24, 2.45) is 0 Å². The van der Waals surface area contributed by atoms with Crippen molar-refractivity contribution >= 4 is 5.97 Å². The Hall–Kier alpha value is -2.56. The summed E-state index contributed by atoms with van der Waals surface area (Å²) in [6, 6.07) is 8.78. The maximum absolute atomic E-state index is 13.2. The van der Waals surface area contributed by atoms with Crippen LogP contribution in [0.25, 0.3) is 0 Å². The highest BCUT2D eigenvalue weighted by Gasteiger charge is 2.11. The normalized spacial score (nSPS) is 10.2. The zero-order valence-corrected chi connectivity index (χ0v) is 11.7. The van der Waals surface area contributed by atoms with Gasteiger partial charge < -0.3 is 14.6 Å². The van der Waals surface area contributed by atoms with E-state index in [1.165, 1.54) is 37.4 Å². The van der Waals surface area contributed by atoms with E-state index in [4.69, 9.17) is 14.6 Å². The van der Waals surface area contributed by atoms with Gasteiger partial charge in [-0.05, 0) is 48.4 Å². The molecule has 0 spiro atoms. The molecule has 0 aliphatic carbocycles. The molecular formula is C16H15FO4. The average molecular weight is 290 g/mol. The van der Waals surface area contributed by atoms with E-state index >= 15 is 0 Å². The molecule has 5 heteroatoms. The number of halogens is 1. The molecule has 0 amide bonds. The molecule has 0 fully saturated rings. The number of ether oxygens (including phenoxy) is 2. The fourth-order valence-electron chi connectivity index (χ4n) is 1.87. The highest BCUT2D eigenvalue weighted by molar-refractivity contribution is 5.88. The van der Waals surface area contributed by atoms with Crippen LogP contribution >= 0.6 is 0 Å². The Morgan fingerprint density at radius 3 is 2.62 bits per heavy atom. The van der Waals surface area contributed by atoms with Crippen LogP contribution in [0.3, 0.4) is 0 Å². The largest absolute Gasteiger partial charge is 0.493 e. The van der Waals surface area contributed by atoms with Gasteiger partial charge in [-0.2, -0.15) is 0 Å². The molecule has 1 N–H and O–H groups in total. The lowest BCUT2D eigenvalue weighted by atomic mass is 10.1. The predicted molar refractivity (Wildman–Crippen MR) is 75.4 cm³/mol. The molecular weight excluding hydrogens is 275 g/mol. The number of rotatable bonds is 5. The molecule has 0 aliphatic rings. The molecule has 21 heavy (non-hydrogen) atoms. The standard InChI is InChI=1S/C16H15FO4/c1-10-3-5-13(17)7-12(10)9-21-15-8-11(16(18)19)4-6-14(15)20-2/h3-8H,9H2,1-2H3,(H,18,19). The molecule has 2 rings (SSSR count). The average Bonchev–Trinajstić information content (AvgIpc) is 2.47. The molecule has 0 saturated carbocycles. The van der Waals surface area contributed by atoms with Crippen LogP contribution in [0, 0.1) is 12.7 Å². The lowest BCUT2D eigenvalue weighted by Gasteiger charge is -2.12. The van der Waals surface area contributed by atoms with Crippen molar-refractivity contribution in [3.8, 4) is 11.5 Å². The van der Waals surface area contributed by atoms with Crippen LogP contribution in [0.5, 0.6) is 11.5 Å². The van der Waals surface area contributed by atoms with Gasteiger partial charge in [0.1, 0.15) is 12.4 Å². The van der Waals surface area contributed by atoms with Gasteiger partial charge in [0.05, 0.1) is 12.7 Å². The molecule has 0 aliphatic heterocycles. The van der Waals surface area contributed by atoms with E-state index in [-0.39, 0.29) is 18.0 Å². The molecule has 0 unspecified atom stereocenters. The summed E-state index contributed by atoms with van der Waals surface area (Å²) < 4.78 is 23.9. The van der Waals surface area contributed by atoms with Gasteiger partial charge in [-0.3, -0.25) is 0 Å². The molecule has 0 radical (unpaired) electrons. The number of hydrogen-bond donors (Lipinski definition) is 1. The van der Waals surface area contributed by atoms with Crippen LogP contribution in [0.15, 0.2) is 36.4 Å². The van der Waals surface area contributed by atoms with Gasteiger partial charge in [-0.1, -0.05) is 6.07 Å². The summed E-state index contributed by atoms with van der Waals surface area (Å²) in [7, 11) is 1.47. The highest BCUT2D eigenvalue weighted by Crippen LogP contribution is 2.29. The summed E-state index contributed by atoms with van der Waals surface area (Å²) in [5, 5.41) is 8.99. The fourth-order valence-corrected chi connectivity index (χ4v) is 1.87. The predicted octanol–water partition coefficient (Wildman–Crippen LogP) is 3.42. The molecule has 2 aromatic rings. The van der Waals surface area contributed by atoms with Crippen LogP contribution in [-0.2, 0) is 6.61 Å². The Balaban J connectivity index is 2.24. The van der Waals surface area contributed by atoms with Crippen molar-refractivity contribution in [1.29, 1.82) is 0 Å². The van der Waals surface area contributed by atoms with E-state index in [9.17, 15) is 9.18 Å². The third-order valence-corrected chi connectivity index (χ3v) is 3.10. The first kappa shape index (κ1) is 14.8. The lowest BCUT2D eigenvalue weighted by molar-refractivity contribution is 0.0696. The Morgan fingerprint density at radius 2 is 1.95 bits per heavy atom. The first-order chi connectivity index (χ1) is 10.0. The van der Waals surface area contributed by atoms with Crippen LogP contribution in [-0.4, -0.2) is 18.2 Å². The second kappa shape index (κ2) is 6.26. The van der Waals surface area contributed by atoms with Crippen molar-refractivity contribution in [1.82, 2.24) is 0 Å². The number of aryl methyl sites for hydroxylation is 1. The van der Waals surface area contributed by atoms with Crippen molar-refractivity contribution in [2.45, 2.75) is 13.5 Å². The highest BCUT2D eigenvalue weighted by atomic mass is 19.1. The maximum Gasteiger partial charge on any atom is 0.335 e. The van der Waals surface area contributed by atoms with E-state index in [1.807, 2.05) is 6.92 Å². The SMILES string of the molecule is COc1ccc(C(=O)O)cc1OCc1cc(F)ccc1C. The summed E-state index contributed by atoms with van der Waals surface area (Å²) in [5.41, 5.74) is 1.68. The smallest absolute Gasteiger partial charge is 0.335 e. The van der Waals surface area contributed by atoms with Gasteiger partial charge in [-0.15, -0.1) is 0 Å². The van der Waals surface area contributed by atoms with E-state index < -0.39 is 5.97 Å². The Morgan fingerprint density at radius 1 is 1.19 bits per heavy atom. The zero-order chi connectivity index (χ0) is 15.4. The topological polar surface area (TPSA) is 55.8 Å². The van der Waals surface area contributed by atoms with Crippen LogP contribution in [0.2, 0.25) is 0 Å². The number of carboxylic acids is 1. The first-order valence-corrected chi connectivity index (χ1v) is 6.30. The van der Waals surface area contributed by atoms with E-state index in [0.717, 1.165) is 5.56 Å². The van der Waals surface area contributed by atoms with E-state index in [2.05, 4.69) is 0 Å². The number of aromatic carboxylic acids is 1. The molecule has 4 nitrogen and oxygen atoms in total. The van der Waals surface area contributed by atoms with Crippen molar-refractivity contribution in [3.63, 3.8) is 0 Å². The third-order valence-electron chi connectivity index (χ3n) is 3.10. The number of carbonyl (C=O) groups is 1. The monoisotopic (exact) mass is 290 g/mol. The minimum atomic E-state index is -1.05. The van der Waals surface area contributed by atoms with E-state index in [0.29, 0.717) is 17.1 Å². The van der Waals surface area contributed by atoms with Crippen molar-refractivity contribution in [2.75, 3.05) is 7.11 Å². The Bertz CT molecular complexity index is 667. The van der Waals surface area contributed by atoms with Gasteiger partial charge in [0.25, 0.3) is 0 Å². The second-order valence-electron chi connectivity index (χ2n) is 4.53. The Kier molecular flexibility index (Phi) is 4.42. The number of benzene rings is 2. The van der Waals surface area contributed by atoms with Gasteiger partial charge in [0.2, 0.25) is 0 Å². The minimum absolute atomic E-state index is 0.0989. The van der Waals surface area contributed by atoms with Gasteiger partial charge in [0, 0.05) is 0 Å². The van der Waals surface area contributed by atoms with Crippen molar-refractivity contribution < 1.29 is 23.8 Å². The molecule has 0 saturated heterocycles. The Labute approximate surface area is 121 Å². The molecule has 0 bridgehead atoms. The van der Waals surface area contributed by atoms with E-state index in [1.54, 1.807) is 6.07 Å². The summed E-state index contributed by atoms with van der Waals surface area (Å²) >= 11 is 0. The summed E-state index contributed by atoms with van der Waals surface area (Å²) in [6.45, 7) is 1.98. The minimum Gasteiger partial charge on any atom is -0.493 e. The molecule has 110 valence electrons. The van der Waals surface area contributed by atoms with Gasteiger partial charge in [0.15, 0.2) is 11.5 Å². The summed E-state index contributed by atoms with van der Waals surface area (Å²) in [5.74, 6) is -0.662.